The first-order valence-electron chi connectivity index (χ1n) is 5.74. The molecule has 0 saturated carbocycles. The molecule has 2 aromatic rings. The van der Waals surface area contributed by atoms with E-state index in [2.05, 4.69) is 20.5 Å². The van der Waals surface area contributed by atoms with Crippen LogP contribution in [0.15, 0.2) is 48.0 Å². The lowest BCUT2D eigenvalue weighted by atomic mass is 10.1. The molecule has 0 bridgehead atoms. The predicted molar refractivity (Wildman–Crippen MR) is 68.5 cm³/mol. The van der Waals surface area contributed by atoms with Crippen molar-refractivity contribution in [3.05, 3.63) is 59.7 Å². The Bertz CT molecular complexity index is 656. The molecule has 0 spiro atoms. The van der Waals surface area contributed by atoms with E-state index in [4.69, 9.17) is 0 Å². The zero-order valence-electron chi connectivity index (χ0n) is 10.5. The molecule has 0 atom stereocenters. The number of halogens is 3. The van der Waals surface area contributed by atoms with Crippen LogP contribution in [-0.2, 0) is 6.18 Å². The highest BCUT2D eigenvalue weighted by atomic mass is 19.4. The minimum Gasteiger partial charge on any atom is -0.265 e. The summed E-state index contributed by atoms with van der Waals surface area (Å²) in [4.78, 5) is 19.0. The summed E-state index contributed by atoms with van der Waals surface area (Å²) in [5.41, 5.74) is 1.12. The normalized spacial score (nSPS) is 11.6. The van der Waals surface area contributed by atoms with Crippen LogP contribution in [0.5, 0.6) is 0 Å². The number of hydrogen-bond donors (Lipinski definition) is 1. The van der Waals surface area contributed by atoms with E-state index in [1.807, 2.05) is 0 Å². The Kier molecular flexibility index (Phi) is 4.27. The van der Waals surface area contributed by atoms with Gasteiger partial charge in [0.15, 0.2) is 0 Å². The Morgan fingerprint density at radius 3 is 2.67 bits per heavy atom. The second-order valence-corrected chi connectivity index (χ2v) is 3.87. The van der Waals surface area contributed by atoms with Gasteiger partial charge in [-0.15, -0.1) is 0 Å². The third kappa shape index (κ3) is 3.85. The number of carbonyl (C=O) groups excluding carboxylic acids is 1. The van der Waals surface area contributed by atoms with Crippen molar-refractivity contribution in [3.63, 3.8) is 0 Å². The lowest BCUT2D eigenvalue weighted by molar-refractivity contribution is -0.137. The molecule has 5 nitrogen and oxygen atoms in total. The number of benzene rings is 1. The van der Waals surface area contributed by atoms with E-state index in [1.54, 1.807) is 0 Å². The maximum atomic E-state index is 12.7. The second kappa shape index (κ2) is 6.12. The average Bonchev–Trinajstić information content (AvgIpc) is 2.47. The molecule has 1 N–H and O–H groups in total. The number of hydrogen-bond acceptors (Lipinski definition) is 4. The number of rotatable bonds is 3. The lowest BCUT2D eigenvalue weighted by Gasteiger charge is -2.09. The van der Waals surface area contributed by atoms with E-state index < -0.39 is 17.6 Å². The van der Waals surface area contributed by atoms with Gasteiger partial charge in [0.1, 0.15) is 5.69 Å². The lowest BCUT2D eigenvalue weighted by Crippen LogP contribution is -2.19. The molecule has 0 saturated heterocycles. The van der Waals surface area contributed by atoms with E-state index in [-0.39, 0.29) is 11.3 Å². The van der Waals surface area contributed by atoms with Gasteiger partial charge in [0.25, 0.3) is 5.91 Å². The van der Waals surface area contributed by atoms with Crippen molar-refractivity contribution in [2.75, 3.05) is 0 Å². The quantitative estimate of drug-likeness (QED) is 0.697. The summed E-state index contributed by atoms with van der Waals surface area (Å²) in [6, 6.07) is 4.91. The van der Waals surface area contributed by atoms with Crippen molar-refractivity contribution in [1.82, 2.24) is 15.4 Å². The van der Waals surface area contributed by atoms with Crippen molar-refractivity contribution in [3.8, 4) is 0 Å². The molecule has 108 valence electrons. The van der Waals surface area contributed by atoms with Gasteiger partial charge in [-0.2, -0.15) is 18.3 Å². The minimum atomic E-state index is -4.49. The van der Waals surface area contributed by atoms with Crippen LogP contribution in [-0.4, -0.2) is 22.1 Å². The Morgan fingerprint density at radius 2 is 2.00 bits per heavy atom. The fourth-order valence-corrected chi connectivity index (χ4v) is 1.50. The van der Waals surface area contributed by atoms with Crippen LogP contribution in [0.25, 0.3) is 0 Å². The van der Waals surface area contributed by atoms with Crippen molar-refractivity contribution < 1.29 is 18.0 Å². The summed E-state index contributed by atoms with van der Waals surface area (Å²) < 4.78 is 38.2. The number of nitrogens with zero attached hydrogens (tertiary/aromatic N) is 3. The summed E-state index contributed by atoms with van der Waals surface area (Å²) in [7, 11) is 0. The van der Waals surface area contributed by atoms with Crippen molar-refractivity contribution in [2.45, 2.75) is 6.18 Å². The third-order valence-corrected chi connectivity index (χ3v) is 2.43. The SMILES string of the molecule is O=C(N/N=C/c1ccccc1C(F)(F)F)c1cnccn1. The monoisotopic (exact) mass is 294 g/mol. The molecule has 0 aliphatic rings. The molecule has 0 unspecified atom stereocenters. The fourth-order valence-electron chi connectivity index (χ4n) is 1.50. The Balaban J connectivity index is 2.11. The molecule has 21 heavy (non-hydrogen) atoms. The van der Waals surface area contributed by atoms with E-state index in [0.29, 0.717) is 0 Å². The minimum absolute atomic E-state index is 0.0127. The van der Waals surface area contributed by atoms with Gasteiger partial charge in [-0.3, -0.25) is 9.78 Å². The molecule has 1 heterocycles. The van der Waals surface area contributed by atoms with Gasteiger partial charge >= 0.3 is 6.18 Å². The van der Waals surface area contributed by atoms with Crippen LogP contribution in [0.3, 0.4) is 0 Å². The zero-order chi connectivity index (χ0) is 15.3. The van der Waals surface area contributed by atoms with Crippen LogP contribution in [0.4, 0.5) is 13.2 Å². The first-order chi connectivity index (χ1) is 9.98. The number of carbonyl (C=O) groups is 1. The van der Waals surface area contributed by atoms with Crippen molar-refractivity contribution in [2.24, 2.45) is 5.10 Å². The molecular weight excluding hydrogens is 285 g/mol. The van der Waals surface area contributed by atoms with Crippen LogP contribution >= 0.6 is 0 Å². The number of hydrazone groups is 1. The smallest absolute Gasteiger partial charge is 0.265 e. The number of alkyl halides is 3. The topological polar surface area (TPSA) is 67.2 Å². The first kappa shape index (κ1) is 14.6. The molecule has 8 heteroatoms. The van der Waals surface area contributed by atoms with E-state index in [0.717, 1.165) is 12.3 Å². The molecule has 1 aromatic carbocycles. The standard InChI is InChI=1S/C13H9F3N4O/c14-13(15,16)10-4-2-1-3-9(10)7-19-20-12(21)11-8-17-5-6-18-11/h1-8H,(H,20,21)/b19-7+. The first-order valence-corrected chi connectivity index (χ1v) is 5.74. The number of nitrogens with one attached hydrogen (secondary N) is 1. The summed E-state index contributed by atoms with van der Waals surface area (Å²) in [5, 5.41) is 3.50. The Hall–Kier alpha value is -2.77. The molecule has 0 radical (unpaired) electrons. The molecule has 1 aromatic heterocycles. The zero-order valence-corrected chi connectivity index (χ0v) is 10.5. The summed E-state index contributed by atoms with van der Waals surface area (Å²) in [6.07, 6.45) is 0.361. The molecule has 2 rings (SSSR count). The van der Waals surface area contributed by atoms with E-state index in [1.165, 1.54) is 36.8 Å². The molecular formula is C13H9F3N4O. The highest BCUT2D eigenvalue weighted by Crippen LogP contribution is 2.30. The van der Waals surface area contributed by atoms with Gasteiger partial charge < -0.3 is 0 Å². The van der Waals surface area contributed by atoms with Gasteiger partial charge in [-0.25, -0.2) is 10.4 Å². The van der Waals surface area contributed by atoms with Gasteiger partial charge in [0.05, 0.1) is 18.0 Å². The second-order valence-electron chi connectivity index (χ2n) is 3.87. The largest absolute Gasteiger partial charge is 0.417 e. The van der Waals surface area contributed by atoms with Gasteiger partial charge in [0.2, 0.25) is 0 Å². The van der Waals surface area contributed by atoms with Gasteiger partial charge in [-0.1, -0.05) is 18.2 Å². The summed E-state index contributed by atoms with van der Waals surface area (Å²) in [6.45, 7) is 0. The van der Waals surface area contributed by atoms with E-state index >= 15 is 0 Å². The maximum absolute atomic E-state index is 12.7. The van der Waals surface area contributed by atoms with Crippen molar-refractivity contribution >= 4 is 12.1 Å². The fraction of sp³-hybridized carbons (Fsp3) is 0.0769. The van der Waals surface area contributed by atoms with E-state index in [9.17, 15) is 18.0 Å². The van der Waals surface area contributed by atoms with Crippen LogP contribution in [0.2, 0.25) is 0 Å². The summed E-state index contributed by atoms with van der Waals surface area (Å²) in [5.74, 6) is -0.663. The van der Waals surface area contributed by atoms with Crippen molar-refractivity contribution in [1.29, 1.82) is 0 Å². The third-order valence-electron chi connectivity index (χ3n) is 2.43. The molecule has 0 aliphatic carbocycles. The average molecular weight is 294 g/mol. The van der Waals surface area contributed by atoms with Crippen LogP contribution in [0, 0.1) is 0 Å². The molecule has 1 amide bonds. The summed E-state index contributed by atoms with van der Waals surface area (Å²) >= 11 is 0. The number of amides is 1. The predicted octanol–water partition coefficient (Wildman–Crippen LogP) is 2.26. The highest BCUT2D eigenvalue weighted by Gasteiger charge is 2.32. The van der Waals surface area contributed by atoms with Gasteiger partial charge in [0, 0.05) is 18.0 Å². The van der Waals surface area contributed by atoms with Crippen LogP contribution in [0.1, 0.15) is 21.6 Å². The van der Waals surface area contributed by atoms with Gasteiger partial charge in [-0.05, 0) is 6.07 Å². The number of aromatic nitrogens is 2. The highest BCUT2D eigenvalue weighted by molar-refractivity contribution is 5.92. The van der Waals surface area contributed by atoms with Crippen LogP contribution < -0.4 is 5.43 Å². The maximum Gasteiger partial charge on any atom is 0.417 e. The Labute approximate surface area is 117 Å². The molecule has 0 fully saturated rings. The Morgan fingerprint density at radius 1 is 1.24 bits per heavy atom. The molecule has 0 aliphatic heterocycles.